The highest BCUT2D eigenvalue weighted by Crippen LogP contribution is 2.42. The van der Waals surface area contributed by atoms with E-state index in [9.17, 15) is 14.7 Å². The number of aliphatic hydroxyl groups excluding tert-OH is 1. The monoisotopic (exact) mass is 417 g/mol. The Morgan fingerprint density at radius 2 is 2.07 bits per heavy atom. The highest BCUT2D eigenvalue weighted by atomic mass is 35.5. The molecule has 156 valence electrons. The molecule has 1 aromatic rings. The first-order valence-corrected chi connectivity index (χ1v) is 9.48. The first-order chi connectivity index (χ1) is 13.0. The SMILES string of the molecule is CC(C)([C@@H](O)C(=O)NC(=O)[C@@H]1CCCN1)C(F)(F)Cc1cc(Cl)ccc1CN. The Kier molecular flexibility index (Phi) is 7.14. The van der Waals surface area contributed by atoms with Crippen molar-refractivity contribution in [1.82, 2.24) is 10.6 Å². The van der Waals surface area contributed by atoms with Crippen LogP contribution in [0.3, 0.4) is 0 Å². The summed E-state index contributed by atoms with van der Waals surface area (Å²) < 4.78 is 30.1. The van der Waals surface area contributed by atoms with E-state index in [1.807, 2.05) is 5.32 Å². The van der Waals surface area contributed by atoms with Crippen LogP contribution < -0.4 is 16.4 Å². The van der Waals surface area contributed by atoms with Crippen LogP contribution in [0.15, 0.2) is 18.2 Å². The molecule has 1 fully saturated rings. The molecule has 28 heavy (non-hydrogen) atoms. The molecule has 0 spiro atoms. The van der Waals surface area contributed by atoms with Gasteiger partial charge in [0, 0.05) is 18.0 Å². The molecule has 1 aliphatic rings. The summed E-state index contributed by atoms with van der Waals surface area (Å²) in [6.45, 7) is 2.86. The lowest BCUT2D eigenvalue weighted by molar-refractivity contribution is -0.171. The number of hydrogen-bond donors (Lipinski definition) is 4. The summed E-state index contributed by atoms with van der Waals surface area (Å²) in [7, 11) is 0. The molecule has 0 unspecified atom stereocenters. The van der Waals surface area contributed by atoms with Crippen molar-refractivity contribution >= 4 is 23.4 Å². The van der Waals surface area contributed by atoms with Crippen LogP contribution in [0.5, 0.6) is 0 Å². The van der Waals surface area contributed by atoms with Crippen molar-refractivity contribution in [3.63, 3.8) is 0 Å². The van der Waals surface area contributed by atoms with Crippen molar-refractivity contribution < 1.29 is 23.5 Å². The molecule has 1 saturated heterocycles. The molecule has 1 aromatic carbocycles. The van der Waals surface area contributed by atoms with Crippen LogP contribution in [-0.2, 0) is 22.6 Å². The number of aliphatic hydroxyl groups is 1. The highest BCUT2D eigenvalue weighted by molar-refractivity contribution is 6.30. The lowest BCUT2D eigenvalue weighted by Crippen LogP contribution is -2.56. The lowest BCUT2D eigenvalue weighted by Gasteiger charge is -2.37. The van der Waals surface area contributed by atoms with Crippen LogP contribution in [0, 0.1) is 5.41 Å². The Labute approximate surface area is 167 Å². The zero-order valence-electron chi connectivity index (χ0n) is 15.9. The minimum Gasteiger partial charge on any atom is -0.382 e. The number of carbonyl (C=O) groups excluding carboxylic acids is 2. The number of imide groups is 1. The number of rotatable bonds is 7. The summed E-state index contributed by atoms with van der Waals surface area (Å²) in [5, 5.41) is 15.5. The summed E-state index contributed by atoms with van der Waals surface area (Å²) in [5.41, 5.74) is 4.21. The second kappa shape index (κ2) is 8.82. The molecule has 2 rings (SSSR count). The zero-order chi connectivity index (χ0) is 21.1. The van der Waals surface area contributed by atoms with E-state index >= 15 is 8.78 Å². The fraction of sp³-hybridized carbons (Fsp3) is 0.579. The van der Waals surface area contributed by atoms with Crippen LogP contribution >= 0.6 is 11.6 Å². The van der Waals surface area contributed by atoms with Crippen molar-refractivity contribution in [3.8, 4) is 0 Å². The maximum Gasteiger partial charge on any atom is 0.260 e. The van der Waals surface area contributed by atoms with Gasteiger partial charge >= 0.3 is 0 Å². The van der Waals surface area contributed by atoms with Gasteiger partial charge in [-0.3, -0.25) is 14.9 Å². The smallest absolute Gasteiger partial charge is 0.260 e. The zero-order valence-corrected chi connectivity index (χ0v) is 16.7. The third-order valence-electron chi connectivity index (χ3n) is 5.30. The largest absolute Gasteiger partial charge is 0.382 e. The molecule has 0 radical (unpaired) electrons. The average Bonchev–Trinajstić information content (AvgIpc) is 3.15. The number of halogens is 3. The molecule has 0 aromatic heterocycles. The van der Waals surface area contributed by atoms with E-state index < -0.39 is 41.7 Å². The molecular formula is C19H26ClF2N3O3. The van der Waals surface area contributed by atoms with Gasteiger partial charge in [0.05, 0.1) is 11.5 Å². The predicted octanol–water partition coefficient (Wildman–Crippen LogP) is 1.76. The Morgan fingerprint density at radius 3 is 2.64 bits per heavy atom. The highest BCUT2D eigenvalue weighted by Gasteiger charge is 2.53. The first-order valence-electron chi connectivity index (χ1n) is 9.11. The van der Waals surface area contributed by atoms with Gasteiger partial charge in [-0.15, -0.1) is 0 Å². The van der Waals surface area contributed by atoms with Crippen molar-refractivity contribution in [2.24, 2.45) is 11.1 Å². The maximum atomic E-state index is 15.1. The molecule has 1 heterocycles. The summed E-state index contributed by atoms with van der Waals surface area (Å²) in [4.78, 5) is 24.3. The molecule has 0 bridgehead atoms. The quantitative estimate of drug-likeness (QED) is 0.541. The van der Waals surface area contributed by atoms with E-state index in [4.69, 9.17) is 17.3 Å². The molecule has 6 nitrogen and oxygen atoms in total. The third-order valence-corrected chi connectivity index (χ3v) is 5.53. The minimum atomic E-state index is -3.48. The number of nitrogens with two attached hydrogens (primary N) is 1. The summed E-state index contributed by atoms with van der Waals surface area (Å²) >= 11 is 5.91. The van der Waals surface area contributed by atoms with Crippen LogP contribution in [0.25, 0.3) is 0 Å². The lowest BCUT2D eigenvalue weighted by atomic mass is 9.76. The second-order valence-corrected chi connectivity index (χ2v) is 8.06. The van der Waals surface area contributed by atoms with Crippen molar-refractivity contribution in [2.45, 2.75) is 57.7 Å². The number of hydrogen-bond acceptors (Lipinski definition) is 5. The average molecular weight is 418 g/mol. The minimum absolute atomic E-state index is 0.0505. The molecule has 0 aliphatic carbocycles. The molecule has 9 heteroatoms. The first kappa shape index (κ1) is 22.7. The van der Waals surface area contributed by atoms with Crippen LogP contribution in [-0.4, -0.2) is 41.5 Å². The fourth-order valence-electron chi connectivity index (χ4n) is 3.14. The Balaban J connectivity index is 2.14. The van der Waals surface area contributed by atoms with E-state index in [2.05, 4.69) is 5.32 Å². The van der Waals surface area contributed by atoms with Crippen LogP contribution in [0.1, 0.15) is 37.8 Å². The van der Waals surface area contributed by atoms with Gasteiger partial charge in [0.1, 0.15) is 6.10 Å². The van der Waals surface area contributed by atoms with Gasteiger partial charge in [0.15, 0.2) is 0 Å². The van der Waals surface area contributed by atoms with Gasteiger partial charge in [0.25, 0.3) is 11.8 Å². The molecule has 0 saturated carbocycles. The molecular weight excluding hydrogens is 392 g/mol. The molecule has 2 atom stereocenters. The molecule has 5 N–H and O–H groups in total. The van der Waals surface area contributed by atoms with Gasteiger partial charge in [-0.05, 0) is 42.6 Å². The topological polar surface area (TPSA) is 104 Å². The van der Waals surface area contributed by atoms with Crippen LogP contribution in [0.4, 0.5) is 8.78 Å². The van der Waals surface area contributed by atoms with Gasteiger partial charge < -0.3 is 16.2 Å². The van der Waals surface area contributed by atoms with Gasteiger partial charge in [-0.1, -0.05) is 31.5 Å². The fourth-order valence-corrected chi connectivity index (χ4v) is 3.33. The summed E-state index contributed by atoms with van der Waals surface area (Å²) in [6.07, 6.45) is -1.52. The number of carbonyl (C=O) groups is 2. The van der Waals surface area contributed by atoms with Gasteiger partial charge in [-0.2, -0.15) is 0 Å². The second-order valence-electron chi connectivity index (χ2n) is 7.63. The third kappa shape index (κ3) is 4.86. The van der Waals surface area contributed by atoms with Crippen molar-refractivity contribution in [3.05, 3.63) is 34.3 Å². The standard InChI is InChI=1S/C19H26ClF2N3O3/c1-18(2,15(26)17(28)25-16(27)14-4-3-7-24-14)19(21,22)9-12-8-13(20)6-5-11(12)10-23/h5-6,8,14-15,24,26H,3-4,7,9-10,23H2,1-2H3,(H,25,27,28)/t14-,15-/m0/s1. The van der Waals surface area contributed by atoms with Gasteiger partial charge in [0.2, 0.25) is 5.91 Å². The predicted molar refractivity (Wildman–Crippen MR) is 102 cm³/mol. The molecule has 2 amide bonds. The maximum absolute atomic E-state index is 15.1. The van der Waals surface area contributed by atoms with Crippen molar-refractivity contribution in [1.29, 1.82) is 0 Å². The Hall–Kier alpha value is -1.61. The molecule has 1 aliphatic heterocycles. The normalized spacial score (nSPS) is 18.8. The number of benzene rings is 1. The number of alkyl halides is 2. The van der Waals surface area contributed by atoms with E-state index in [-0.39, 0.29) is 17.1 Å². The van der Waals surface area contributed by atoms with E-state index in [0.717, 1.165) is 20.3 Å². The summed E-state index contributed by atoms with van der Waals surface area (Å²) in [6, 6.07) is 3.96. The Bertz CT molecular complexity index is 737. The van der Waals surface area contributed by atoms with E-state index in [1.165, 1.54) is 6.07 Å². The van der Waals surface area contributed by atoms with Crippen molar-refractivity contribution in [2.75, 3.05) is 6.54 Å². The van der Waals surface area contributed by atoms with E-state index in [1.54, 1.807) is 12.1 Å². The van der Waals surface area contributed by atoms with Crippen LogP contribution in [0.2, 0.25) is 5.02 Å². The number of nitrogens with one attached hydrogen (secondary N) is 2. The Morgan fingerprint density at radius 1 is 1.39 bits per heavy atom. The van der Waals surface area contributed by atoms with Gasteiger partial charge in [-0.25, -0.2) is 8.78 Å². The summed E-state index contributed by atoms with van der Waals surface area (Å²) in [5.74, 6) is -5.25. The number of amides is 2. The van der Waals surface area contributed by atoms with E-state index in [0.29, 0.717) is 18.5 Å².